The molecule has 0 fully saturated rings. The number of nitrogens with one attached hydrogen (secondary N) is 1. The molecule has 1 aromatic carbocycles. The number of rotatable bonds is 4. The Morgan fingerprint density at radius 2 is 1.88 bits per heavy atom. The van der Waals surface area contributed by atoms with E-state index in [4.69, 9.17) is 0 Å². The fourth-order valence-electron chi connectivity index (χ4n) is 2.00. The normalized spacial score (nSPS) is 10.4. The first kappa shape index (κ1) is 11.6. The second kappa shape index (κ2) is 5.48. The number of aromatic amines is 1. The van der Waals surface area contributed by atoms with Crippen molar-refractivity contribution in [1.82, 2.24) is 4.98 Å². The van der Waals surface area contributed by atoms with Gasteiger partial charge in [-0.15, -0.1) is 0 Å². The zero-order valence-corrected chi connectivity index (χ0v) is 10.1. The fraction of sp³-hybridized carbons (Fsp3) is 0.267. The molecular formula is C15H17NO. The summed E-state index contributed by atoms with van der Waals surface area (Å²) in [6, 6.07) is 12.1. The fourth-order valence-corrected chi connectivity index (χ4v) is 2.00. The van der Waals surface area contributed by atoms with Crippen molar-refractivity contribution in [3.05, 3.63) is 58.5 Å². The first-order chi connectivity index (χ1) is 8.33. The molecule has 88 valence electrons. The highest BCUT2D eigenvalue weighted by atomic mass is 16.1. The van der Waals surface area contributed by atoms with E-state index in [2.05, 4.69) is 11.9 Å². The Morgan fingerprint density at radius 1 is 1.12 bits per heavy atom. The van der Waals surface area contributed by atoms with Crippen molar-refractivity contribution in [1.29, 1.82) is 0 Å². The number of H-pyrrole nitrogens is 1. The largest absolute Gasteiger partial charge is 0.329 e. The van der Waals surface area contributed by atoms with Crippen LogP contribution in [0.1, 0.15) is 25.3 Å². The number of benzene rings is 1. The Bertz CT molecular complexity index is 528. The van der Waals surface area contributed by atoms with E-state index in [-0.39, 0.29) is 5.56 Å². The van der Waals surface area contributed by atoms with E-state index in [1.54, 1.807) is 6.20 Å². The van der Waals surface area contributed by atoms with Gasteiger partial charge in [0.2, 0.25) is 0 Å². The van der Waals surface area contributed by atoms with Gasteiger partial charge in [-0.1, -0.05) is 43.7 Å². The Hall–Kier alpha value is -1.83. The molecule has 1 aromatic heterocycles. The Balaban J connectivity index is 2.47. The minimum Gasteiger partial charge on any atom is -0.329 e. The lowest BCUT2D eigenvalue weighted by atomic mass is 9.98. The second-order valence-corrected chi connectivity index (χ2v) is 4.17. The van der Waals surface area contributed by atoms with Crippen LogP contribution in [-0.4, -0.2) is 4.98 Å². The van der Waals surface area contributed by atoms with Crippen LogP contribution < -0.4 is 5.56 Å². The topological polar surface area (TPSA) is 32.9 Å². The molecule has 1 heterocycles. The van der Waals surface area contributed by atoms with E-state index in [1.807, 2.05) is 36.4 Å². The zero-order chi connectivity index (χ0) is 12.1. The maximum absolute atomic E-state index is 11.9. The SMILES string of the molecule is CCCCc1c(-c2ccccc2)cc[nH]c1=O. The molecule has 0 amide bonds. The van der Waals surface area contributed by atoms with Crippen molar-refractivity contribution in [2.75, 3.05) is 0 Å². The summed E-state index contributed by atoms with van der Waals surface area (Å²) in [5.41, 5.74) is 3.12. The van der Waals surface area contributed by atoms with E-state index >= 15 is 0 Å². The summed E-state index contributed by atoms with van der Waals surface area (Å²) in [5, 5.41) is 0. The number of unbranched alkanes of at least 4 members (excludes halogenated alkanes) is 1. The molecule has 1 N–H and O–H groups in total. The maximum Gasteiger partial charge on any atom is 0.251 e. The van der Waals surface area contributed by atoms with Crippen LogP contribution in [0.3, 0.4) is 0 Å². The minimum atomic E-state index is 0.0415. The summed E-state index contributed by atoms with van der Waals surface area (Å²) < 4.78 is 0. The highest BCUT2D eigenvalue weighted by Crippen LogP contribution is 2.21. The average Bonchev–Trinajstić information content (AvgIpc) is 2.38. The molecule has 2 rings (SSSR count). The molecule has 2 nitrogen and oxygen atoms in total. The van der Waals surface area contributed by atoms with E-state index in [9.17, 15) is 4.79 Å². The number of pyridine rings is 1. The van der Waals surface area contributed by atoms with Gasteiger partial charge in [-0.2, -0.15) is 0 Å². The molecular weight excluding hydrogens is 210 g/mol. The average molecular weight is 227 g/mol. The van der Waals surface area contributed by atoms with Crippen molar-refractivity contribution in [3.8, 4) is 11.1 Å². The summed E-state index contributed by atoms with van der Waals surface area (Å²) in [5.74, 6) is 0. The summed E-state index contributed by atoms with van der Waals surface area (Å²) >= 11 is 0. The van der Waals surface area contributed by atoms with Crippen LogP contribution in [-0.2, 0) is 6.42 Å². The zero-order valence-electron chi connectivity index (χ0n) is 10.1. The second-order valence-electron chi connectivity index (χ2n) is 4.17. The molecule has 0 aliphatic heterocycles. The predicted octanol–water partition coefficient (Wildman–Crippen LogP) is 3.38. The molecule has 0 spiro atoms. The number of aromatic nitrogens is 1. The van der Waals surface area contributed by atoms with Gasteiger partial charge >= 0.3 is 0 Å². The summed E-state index contributed by atoms with van der Waals surface area (Å²) in [6.07, 6.45) is 4.71. The van der Waals surface area contributed by atoms with Crippen molar-refractivity contribution in [2.45, 2.75) is 26.2 Å². The molecule has 0 radical (unpaired) electrons. The van der Waals surface area contributed by atoms with Gasteiger partial charge in [-0.25, -0.2) is 0 Å². The minimum absolute atomic E-state index is 0.0415. The standard InChI is InChI=1S/C15H17NO/c1-2-3-9-14-13(10-11-16-15(14)17)12-7-5-4-6-8-12/h4-8,10-11H,2-3,9H2,1H3,(H,16,17). The van der Waals surface area contributed by atoms with Crippen molar-refractivity contribution in [2.24, 2.45) is 0 Å². The molecule has 17 heavy (non-hydrogen) atoms. The lowest BCUT2D eigenvalue weighted by molar-refractivity contribution is 0.788. The molecule has 2 aromatic rings. The van der Waals surface area contributed by atoms with E-state index < -0.39 is 0 Å². The third-order valence-corrected chi connectivity index (χ3v) is 2.93. The van der Waals surface area contributed by atoms with Gasteiger partial charge in [0.25, 0.3) is 5.56 Å². The lowest BCUT2D eigenvalue weighted by Gasteiger charge is -2.07. The van der Waals surface area contributed by atoms with Crippen LogP contribution >= 0.6 is 0 Å². The van der Waals surface area contributed by atoms with Gasteiger partial charge in [0.1, 0.15) is 0 Å². The molecule has 0 bridgehead atoms. The van der Waals surface area contributed by atoms with Crippen LogP contribution in [0, 0.1) is 0 Å². The third kappa shape index (κ3) is 2.64. The maximum atomic E-state index is 11.9. The van der Waals surface area contributed by atoms with Crippen molar-refractivity contribution in [3.63, 3.8) is 0 Å². The number of hydrogen-bond donors (Lipinski definition) is 1. The van der Waals surface area contributed by atoms with Crippen molar-refractivity contribution >= 4 is 0 Å². The van der Waals surface area contributed by atoms with Gasteiger partial charge in [-0.05, 0) is 30.0 Å². The van der Waals surface area contributed by atoms with Crippen LogP contribution in [0.5, 0.6) is 0 Å². The van der Waals surface area contributed by atoms with Crippen LogP contribution in [0.4, 0.5) is 0 Å². The van der Waals surface area contributed by atoms with Gasteiger partial charge in [0.15, 0.2) is 0 Å². The van der Waals surface area contributed by atoms with Crippen LogP contribution in [0.25, 0.3) is 11.1 Å². The molecule has 0 aliphatic carbocycles. The predicted molar refractivity (Wildman–Crippen MR) is 71.1 cm³/mol. The smallest absolute Gasteiger partial charge is 0.251 e. The van der Waals surface area contributed by atoms with Gasteiger partial charge < -0.3 is 4.98 Å². The molecule has 0 atom stereocenters. The van der Waals surface area contributed by atoms with E-state index in [1.165, 1.54) is 0 Å². The summed E-state index contributed by atoms with van der Waals surface area (Å²) in [7, 11) is 0. The molecule has 0 aliphatic rings. The number of hydrogen-bond acceptors (Lipinski definition) is 1. The Morgan fingerprint density at radius 3 is 2.59 bits per heavy atom. The molecule has 0 saturated carbocycles. The summed E-state index contributed by atoms with van der Waals surface area (Å²) in [6.45, 7) is 2.14. The van der Waals surface area contributed by atoms with Gasteiger partial charge in [-0.3, -0.25) is 4.79 Å². The van der Waals surface area contributed by atoms with Crippen LogP contribution in [0.15, 0.2) is 47.4 Å². The summed E-state index contributed by atoms with van der Waals surface area (Å²) in [4.78, 5) is 14.6. The first-order valence-corrected chi connectivity index (χ1v) is 6.09. The molecule has 2 heteroatoms. The van der Waals surface area contributed by atoms with Crippen molar-refractivity contribution < 1.29 is 0 Å². The Kier molecular flexibility index (Phi) is 3.76. The first-order valence-electron chi connectivity index (χ1n) is 6.09. The van der Waals surface area contributed by atoms with Gasteiger partial charge in [0.05, 0.1) is 0 Å². The third-order valence-electron chi connectivity index (χ3n) is 2.93. The van der Waals surface area contributed by atoms with E-state index in [0.29, 0.717) is 0 Å². The van der Waals surface area contributed by atoms with E-state index in [0.717, 1.165) is 36.0 Å². The van der Waals surface area contributed by atoms with Crippen LogP contribution in [0.2, 0.25) is 0 Å². The highest BCUT2D eigenvalue weighted by Gasteiger charge is 2.07. The molecule has 0 unspecified atom stereocenters. The molecule has 0 saturated heterocycles. The highest BCUT2D eigenvalue weighted by molar-refractivity contribution is 5.66. The quantitative estimate of drug-likeness (QED) is 0.853. The lowest BCUT2D eigenvalue weighted by Crippen LogP contribution is -2.13. The Labute approximate surface area is 101 Å². The van der Waals surface area contributed by atoms with Gasteiger partial charge in [0, 0.05) is 11.8 Å². The monoisotopic (exact) mass is 227 g/mol.